The highest BCUT2D eigenvalue weighted by molar-refractivity contribution is 6.35. The number of alkyl halides is 3. The van der Waals surface area contributed by atoms with Crippen LogP contribution in [-0.2, 0) is 6.42 Å². The zero-order valence-electron chi connectivity index (χ0n) is 8.77. The summed E-state index contributed by atoms with van der Waals surface area (Å²) >= 11 is 11.5. The third-order valence-electron chi connectivity index (χ3n) is 2.23. The Morgan fingerprint density at radius 1 is 1.24 bits per heavy atom. The number of halogens is 5. The second-order valence-electron chi connectivity index (χ2n) is 3.75. The Balaban J connectivity index is 2.53. The predicted octanol–water partition coefficient (Wildman–Crippen LogP) is 4.24. The summed E-state index contributed by atoms with van der Waals surface area (Å²) in [5.74, 6) is 0. The maximum atomic E-state index is 11.9. The number of hydrogen-bond acceptors (Lipinski definition) is 1. The minimum absolute atomic E-state index is 0.0894. The molecule has 0 saturated carbocycles. The highest BCUT2D eigenvalue weighted by Crippen LogP contribution is 2.25. The number of aliphatic hydroxyl groups excluding tert-OH is 1. The van der Waals surface area contributed by atoms with Gasteiger partial charge in [-0.1, -0.05) is 29.3 Å². The van der Waals surface area contributed by atoms with Crippen LogP contribution in [0.15, 0.2) is 18.2 Å². The summed E-state index contributed by atoms with van der Waals surface area (Å²) in [6.07, 6.45) is -6.55. The molecule has 1 aromatic carbocycles. The lowest BCUT2D eigenvalue weighted by atomic mass is 10.0. The first-order valence-corrected chi connectivity index (χ1v) is 5.72. The maximum Gasteiger partial charge on any atom is 0.389 e. The molecule has 96 valence electrons. The van der Waals surface area contributed by atoms with Crippen molar-refractivity contribution < 1.29 is 18.3 Å². The van der Waals surface area contributed by atoms with Crippen LogP contribution in [0.5, 0.6) is 0 Å². The number of aliphatic hydroxyl groups is 1. The lowest BCUT2D eigenvalue weighted by molar-refractivity contribution is -0.139. The van der Waals surface area contributed by atoms with E-state index in [1.165, 1.54) is 6.07 Å². The van der Waals surface area contributed by atoms with Crippen LogP contribution in [0, 0.1) is 0 Å². The summed E-state index contributed by atoms with van der Waals surface area (Å²) in [7, 11) is 0. The van der Waals surface area contributed by atoms with Gasteiger partial charge in [-0.2, -0.15) is 13.2 Å². The molecular formula is C11H11Cl2F3O. The predicted molar refractivity (Wildman–Crippen MR) is 61.5 cm³/mol. The van der Waals surface area contributed by atoms with Crippen molar-refractivity contribution in [2.45, 2.75) is 31.5 Å². The molecule has 0 bridgehead atoms. The zero-order chi connectivity index (χ0) is 13.1. The molecule has 1 aromatic rings. The molecule has 0 spiro atoms. The summed E-state index contributed by atoms with van der Waals surface area (Å²) < 4.78 is 35.8. The number of benzene rings is 1. The van der Waals surface area contributed by atoms with Crippen LogP contribution in [0.4, 0.5) is 13.2 Å². The Kier molecular flexibility index (Phi) is 5.10. The van der Waals surface area contributed by atoms with Crippen LogP contribution in [0.3, 0.4) is 0 Å². The lowest BCUT2D eigenvalue weighted by Crippen LogP contribution is -2.16. The molecule has 0 aliphatic carbocycles. The minimum Gasteiger partial charge on any atom is -0.393 e. The first-order valence-electron chi connectivity index (χ1n) is 4.96. The van der Waals surface area contributed by atoms with Crippen molar-refractivity contribution in [2.24, 2.45) is 0 Å². The molecule has 0 aliphatic rings. The van der Waals surface area contributed by atoms with E-state index in [0.29, 0.717) is 15.6 Å². The molecule has 1 N–H and O–H groups in total. The first-order chi connectivity index (χ1) is 7.78. The van der Waals surface area contributed by atoms with Gasteiger partial charge in [-0.25, -0.2) is 0 Å². The van der Waals surface area contributed by atoms with Gasteiger partial charge in [-0.05, 0) is 30.5 Å². The van der Waals surface area contributed by atoms with Gasteiger partial charge in [0, 0.05) is 16.5 Å². The van der Waals surface area contributed by atoms with Gasteiger partial charge in [0.15, 0.2) is 0 Å². The zero-order valence-corrected chi connectivity index (χ0v) is 10.3. The first kappa shape index (κ1) is 14.6. The van der Waals surface area contributed by atoms with Gasteiger partial charge in [0.25, 0.3) is 0 Å². The van der Waals surface area contributed by atoms with Crippen molar-refractivity contribution in [3.63, 3.8) is 0 Å². The second-order valence-corrected chi connectivity index (χ2v) is 4.59. The van der Waals surface area contributed by atoms with E-state index >= 15 is 0 Å². The molecule has 0 amide bonds. The fourth-order valence-electron chi connectivity index (χ4n) is 1.37. The lowest BCUT2D eigenvalue weighted by Gasteiger charge is -2.13. The fourth-order valence-corrected chi connectivity index (χ4v) is 1.86. The van der Waals surface area contributed by atoms with E-state index in [0.717, 1.165) is 0 Å². The Morgan fingerprint density at radius 2 is 1.88 bits per heavy atom. The van der Waals surface area contributed by atoms with Gasteiger partial charge in [0.1, 0.15) is 0 Å². The molecule has 6 heteroatoms. The quantitative estimate of drug-likeness (QED) is 0.878. The molecule has 1 unspecified atom stereocenters. The largest absolute Gasteiger partial charge is 0.393 e. The number of hydrogen-bond donors (Lipinski definition) is 1. The normalized spacial score (nSPS) is 13.8. The van der Waals surface area contributed by atoms with Gasteiger partial charge >= 0.3 is 6.18 Å². The van der Waals surface area contributed by atoms with Crippen LogP contribution >= 0.6 is 23.2 Å². The van der Waals surface area contributed by atoms with E-state index in [9.17, 15) is 18.3 Å². The van der Waals surface area contributed by atoms with Crippen LogP contribution in [-0.4, -0.2) is 17.4 Å². The van der Waals surface area contributed by atoms with Gasteiger partial charge in [0.05, 0.1) is 6.10 Å². The van der Waals surface area contributed by atoms with E-state index in [-0.39, 0.29) is 12.8 Å². The third kappa shape index (κ3) is 5.61. The van der Waals surface area contributed by atoms with Gasteiger partial charge < -0.3 is 5.11 Å². The molecule has 17 heavy (non-hydrogen) atoms. The summed E-state index contributed by atoms with van der Waals surface area (Å²) in [6.45, 7) is 0. The molecule has 1 atom stereocenters. The summed E-state index contributed by atoms with van der Waals surface area (Å²) in [5, 5.41) is 10.3. The summed E-state index contributed by atoms with van der Waals surface area (Å²) in [4.78, 5) is 0. The molecule has 0 fully saturated rings. The van der Waals surface area contributed by atoms with E-state index in [1.54, 1.807) is 12.1 Å². The van der Waals surface area contributed by atoms with Crippen molar-refractivity contribution in [1.82, 2.24) is 0 Å². The van der Waals surface area contributed by atoms with Crippen LogP contribution in [0.1, 0.15) is 18.4 Å². The molecular weight excluding hydrogens is 276 g/mol. The maximum absolute atomic E-state index is 11.9. The Hall–Kier alpha value is -0.450. The smallest absolute Gasteiger partial charge is 0.389 e. The average Bonchev–Trinajstić information content (AvgIpc) is 2.18. The Labute approximate surface area is 107 Å². The highest BCUT2D eigenvalue weighted by atomic mass is 35.5. The van der Waals surface area contributed by atoms with E-state index in [4.69, 9.17) is 23.2 Å². The molecule has 0 aromatic heterocycles. The van der Waals surface area contributed by atoms with Crippen molar-refractivity contribution in [1.29, 1.82) is 0 Å². The van der Waals surface area contributed by atoms with Gasteiger partial charge in [-0.3, -0.25) is 0 Å². The SMILES string of the molecule is OC(CCC(F)(F)F)Cc1ccc(Cl)cc1Cl. The summed E-state index contributed by atoms with van der Waals surface area (Å²) in [6, 6.07) is 4.68. The molecule has 0 heterocycles. The molecule has 0 saturated heterocycles. The van der Waals surface area contributed by atoms with Crippen LogP contribution < -0.4 is 0 Å². The van der Waals surface area contributed by atoms with Crippen LogP contribution in [0.2, 0.25) is 10.0 Å². The Bertz CT molecular complexity index is 379. The molecule has 0 radical (unpaired) electrons. The standard InChI is InChI=1S/C11H11Cl2F3O/c12-8-2-1-7(10(13)6-8)5-9(17)3-4-11(14,15)16/h1-2,6,9,17H,3-5H2. The minimum atomic E-state index is -4.25. The molecule has 1 rings (SSSR count). The van der Waals surface area contributed by atoms with E-state index < -0.39 is 18.7 Å². The van der Waals surface area contributed by atoms with Crippen LogP contribution in [0.25, 0.3) is 0 Å². The summed E-state index contributed by atoms with van der Waals surface area (Å²) in [5.41, 5.74) is 0.589. The third-order valence-corrected chi connectivity index (χ3v) is 2.82. The van der Waals surface area contributed by atoms with Crippen molar-refractivity contribution >= 4 is 23.2 Å². The Morgan fingerprint density at radius 3 is 2.41 bits per heavy atom. The topological polar surface area (TPSA) is 20.2 Å². The molecule has 0 aliphatic heterocycles. The van der Waals surface area contributed by atoms with Crippen molar-refractivity contribution in [3.8, 4) is 0 Å². The van der Waals surface area contributed by atoms with E-state index in [2.05, 4.69) is 0 Å². The highest BCUT2D eigenvalue weighted by Gasteiger charge is 2.27. The van der Waals surface area contributed by atoms with Gasteiger partial charge in [-0.15, -0.1) is 0 Å². The molecule has 1 nitrogen and oxygen atoms in total. The van der Waals surface area contributed by atoms with Crippen molar-refractivity contribution in [2.75, 3.05) is 0 Å². The fraction of sp³-hybridized carbons (Fsp3) is 0.455. The van der Waals surface area contributed by atoms with E-state index in [1.807, 2.05) is 0 Å². The van der Waals surface area contributed by atoms with Gasteiger partial charge in [0.2, 0.25) is 0 Å². The monoisotopic (exact) mass is 286 g/mol. The average molecular weight is 287 g/mol. The second kappa shape index (κ2) is 5.94. The van der Waals surface area contributed by atoms with Crippen molar-refractivity contribution in [3.05, 3.63) is 33.8 Å². The number of rotatable bonds is 4.